The molecule has 3 aromatic rings. The number of benzene rings is 3. The van der Waals surface area contributed by atoms with Crippen LogP contribution in [0.3, 0.4) is 0 Å². The van der Waals surface area contributed by atoms with Crippen molar-refractivity contribution in [3.05, 3.63) is 82.9 Å². The molecule has 0 amide bonds. The first-order valence-electron chi connectivity index (χ1n) is 12.1. The molecule has 0 saturated heterocycles. The Balaban J connectivity index is 2.38. The van der Waals surface area contributed by atoms with E-state index in [1.807, 2.05) is 0 Å². The fourth-order valence-electron chi connectivity index (χ4n) is 4.31. The molecule has 22 heteroatoms. The molecule has 3 aromatic carbocycles. The average molecular weight is 728 g/mol. The lowest BCUT2D eigenvalue weighted by Gasteiger charge is -2.40. The van der Waals surface area contributed by atoms with Crippen molar-refractivity contribution < 1.29 is 88.5 Å². The maximum Gasteiger partial charge on any atom is 0.442 e. The Kier molecular flexibility index (Phi) is 9.22. The van der Waals surface area contributed by atoms with Gasteiger partial charge in [0, 0.05) is 22.5 Å². The molecule has 0 saturated carbocycles. The molecule has 4 nitrogen and oxygen atoms in total. The van der Waals surface area contributed by atoms with E-state index in [1.54, 1.807) is 0 Å². The lowest BCUT2D eigenvalue weighted by molar-refractivity contribution is -0.367. The maximum atomic E-state index is 14.3. The fourth-order valence-corrected chi connectivity index (χ4v) is 4.31. The zero-order valence-electron chi connectivity index (χ0n) is 22.5. The van der Waals surface area contributed by atoms with E-state index < -0.39 is 118 Å². The molecule has 0 heterocycles. The molecule has 0 aromatic heterocycles. The number of halogens is 18. The van der Waals surface area contributed by atoms with Gasteiger partial charge < -0.3 is 20.9 Å². The number of anilines is 2. The van der Waals surface area contributed by atoms with Crippen LogP contribution in [0.15, 0.2) is 60.7 Å². The third-order valence-corrected chi connectivity index (χ3v) is 6.44. The second kappa shape index (κ2) is 11.6. The number of nitrogen functional groups attached to an aromatic ring is 2. The third-order valence-electron chi connectivity index (χ3n) is 6.44. The van der Waals surface area contributed by atoms with Crippen molar-refractivity contribution in [2.45, 2.75) is 48.3 Å². The summed E-state index contributed by atoms with van der Waals surface area (Å²) in [7, 11) is 0. The summed E-state index contributed by atoms with van der Waals surface area (Å²) in [5.41, 5.74) is -12.6. The van der Waals surface area contributed by atoms with Crippen molar-refractivity contribution in [2.24, 2.45) is 0 Å². The van der Waals surface area contributed by atoms with Crippen LogP contribution in [0.1, 0.15) is 22.3 Å². The lowest BCUT2D eigenvalue weighted by atomic mass is 9.86. The third kappa shape index (κ3) is 6.64. The topological polar surface area (TPSA) is 70.5 Å². The van der Waals surface area contributed by atoms with Gasteiger partial charge in [0.1, 0.15) is 11.5 Å². The summed E-state index contributed by atoms with van der Waals surface area (Å²) in [4.78, 5) is 0. The summed E-state index contributed by atoms with van der Waals surface area (Å²) in [5, 5.41) is 0. The second-order valence-electron chi connectivity index (χ2n) is 9.64. The van der Waals surface area contributed by atoms with Gasteiger partial charge >= 0.3 is 48.3 Å². The Bertz CT molecular complexity index is 1470. The predicted molar refractivity (Wildman–Crippen MR) is 127 cm³/mol. The van der Waals surface area contributed by atoms with E-state index in [0.717, 1.165) is 0 Å². The standard InChI is InChI=1S/C26H14F18N2O2/c27-21(28,29)15-9-13(45)5-7-17(15)47-19(23(33,34)35,24(36,37)38)11-1-2-12(4-3-11)20(25(39,40)41,26(42,43)44)48-18-8-6-14(46)10-16(18)22(30,31)32/h1-10H,45-46H2. The predicted octanol–water partition coefficient (Wildman–Crippen LogP) is 9.69. The van der Waals surface area contributed by atoms with Crippen LogP contribution in [0.2, 0.25) is 0 Å². The van der Waals surface area contributed by atoms with Crippen molar-refractivity contribution in [1.29, 1.82) is 0 Å². The van der Waals surface area contributed by atoms with Gasteiger partial charge in [0.15, 0.2) is 0 Å². The molecule has 3 rings (SSSR count). The summed E-state index contributed by atoms with van der Waals surface area (Å²) in [6.07, 6.45) is -38.8. The Morgan fingerprint density at radius 2 is 0.625 bits per heavy atom. The second-order valence-corrected chi connectivity index (χ2v) is 9.64. The Labute approximate surface area is 254 Å². The van der Waals surface area contributed by atoms with E-state index in [2.05, 4.69) is 9.47 Å². The van der Waals surface area contributed by atoms with Gasteiger partial charge in [-0.15, -0.1) is 0 Å². The normalized spacial score (nSPS) is 14.2. The summed E-state index contributed by atoms with van der Waals surface area (Å²) in [5.74, 6) is -4.33. The number of hydrogen-bond acceptors (Lipinski definition) is 4. The number of nitrogens with two attached hydrogens (primary N) is 2. The Morgan fingerprint density at radius 3 is 0.833 bits per heavy atom. The van der Waals surface area contributed by atoms with Gasteiger partial charge in [-0.25, -0.2) is 0 Å². The highest BCUT2D eigenvalue weighted by Gasteiger charge is 2.77. The summed E-state index contributed by atoms with van der Waals surface area (Å²) in [6.45, 7) is 0. The molecule has 0 radical (unpaired) electrons. The average Bonchev–Trinajstić information content (AvgIpc) is 2.88. The van der Waals surface area contributed by atoms with Gasteiger partial charge in [0.05, 0.1) is 11.1 Å². The van der Waals surface area contributed by atoms with E-state index >= 15 is 0 Å². The van der Waals surface area contributed by atoms with Crippen molar-refractivity contribution in [1.82, 2.24) is 0 Å². The molecule has 0 aliphatic rings. The van der Waals surface area contributed by atoms with Crippen LogP contribution in [-0.4, -0.2) is 24.7 Å². The van der Waals surface area contributed by atoms with Crippen LogP contribution in [0.25, 0.3) is 0 Å². The van der Waals surface area contributed by atoms with Gasteiger partial charge in [-0.2, -0.15) is 79.0 Å². The molecule has 0 fully saturated rings. The molecule has 4 N–H and O–H groups in total. The zero-order valence-corrected chi connectivity index (χ0v) is 22.5. The molecule has 48 heavy (non-hydrogen) atoms. The van der Waals surface area contributed by atoms with E-state index in [0.29, 0.717) is 12.1 Å². The van der Waals surface area contributed by atoms with Gasteiger partial charge in [-0.3, -0.25) is 0 Å². The van der Waals surface area contributed by atoms with Crippen molar-refractivity contribution >= 4 is 11.4 Å². The van der Waals surface area contributed by atoms with Crippen molar-refractivity contribution in [2.75, 3.05) is 11.5 Å². The Morgan fingerprint density at radius 1 is 0.375 bits per heavy atom. The molecule has 0 atom stereocenters. The van der Waals surface area contributed by atoms with Crippen LogP contribution in [0, 0.1) is 0 Å². The maximum absolute atomic E-state index is 14.3. The largest absolute Gasteiger partial charge is 0.464 e. The first-order valence-corrected chi connectivity index (χ1v) is 12.1. The quantitative estimate of drug-likeness (QED) is 0.196. The summed E-state index contributed by atoms with van der Waals surface area (Å²) in [6, 6.07) is -2.25. The molecular weight excluding hydrogens is 714 g/mol. The number of hydrogen-bond donors (Lipinski definition) is 2. The minimum absolute atomic E-state index is 0.0597. The highest BCUT2D eigenvalue weighted by Crippen LogP contribution is 2.57. The van der Waals surface area contributed by atoms with E-state index in [9.17, 15) is 79.0 Å². The molecule has 266 valence electrons. The van der Waals surface area contributed by atoms with Crippen LogP contribution in [-0.2, 0) is 23.6 Å². The monoisotopic (exact) mass is 728 g/mol. The summed E-state index contributed by atoms with van der Waals surface area (Å²) >= 11 is 0. The molecular formula is C26H14F18N2O2. The highest BCUT2D eigenvalue weighted by molar-refractivity contribution is 5.51. The summed E-state index contributed by atoms with van der Waals surface area (Å²) < 4.78 is 260. The lowest BCUT2D eigenvalue weighted by Crippen LogP contribution is -2.59. The minimum atomic E-state index is -6.84. The Hall–Kier alpha value is -4.40. The van der Waals surface area contributed by atoms with Crippen LogP contribution >= 0.6 is 0 Å². The minimum Gasteiger partial charge on any atom is -0.464 e. The molecule has 0 spiro atoms. The first-order chi connectivity index (χ1) is 21.4. The fraction of sp³-hybridized carbons (Fsp3) is 0.308. The van der Waals surface area contributed by atoms with Crippen molar-refractivity contribution in [3.63, 3.8) is 0 Å². The highest BCUT2D eigenvalue weighted by atomic mass is 19.4. The number of ether oxygens (including phenoxy) is 2. The number of alkyl halides is 18. The van der Waals surface area contributed by atoms with Gasteiger partial charge in [-0.05, 0) is 36.4 Å². The van der Waals surface area contributed by atoms with E-state index in [4.69, 9.17) is 11.5 Å². The van der Waals surface area contributed by atoms with Gasteiger partial charge in [-0.1, -0.05) is 24.3 Å². The molecule has 0 aliphatic carbocycles. The van der Waals surface area contributed by atoms with E-state index in [-0.39, 0.29) is 24.3 Å². The molecule has 0 unspecified atom stereocenters. The van der Waals surface area contributed by atoms with Crippen molar-refractivity contribution in [3.8, 4) is 11.5 Å². The molecule has 0 bridgehead atoms. The first kappa shape index (κ1) is 38.1. The van der Waals surface area contributed by atoms with Crippen LogP contribution in [0.5, 0.6) is 11.5 Å². The number of rotatable bonds is 6. The SMILES string of the molecule is Nc1ccc(OC(c2ccc(C(Oc3ccc(N)cc3C(F)(F)F)(C(F)(F)F)C(F)(F)F)cc2)(C(F)(F)F)C(F)(F)F)c(C(F)(F)F)c1. The van der Waals surface area contributed by atoms with Gasteiger partial charge in [0.25, 0.3) is 0 Å². The zero-order chi connectivity index (χ0) is 37.1. The molecule has 0 aliphatic heterocycles. The van der Waals surface area contributed by atoms with Crippen LogP contribution < -0.4 is 20.9 Å². The van der Waals surface area contributed by atoms with Crippen LogP contribution in [0.4, 0.5) is 90.4 Å². The van der Waals surface area contributed by atoms with E-state index in [1.165, 1.54) is 0 Å². The smallest absolute Gasteiger partial charge is 0.442 e. The van der Waals surface area contributed by atoms with Gasteiger partial charge in [0.2, 0.25) is 0 Å².